The number of hydrogen-bond donors (Lipinski definition) is 0. The van der Waals surface area contributed by atoms with E-state index in [1.54, 1.807) is 0 Å². The van der Waals surface area contributed by atoms with E-state index in [0.29, 0.717) is 12.5 Å². The lowest BCUT2D eigenvalue weighted by Crippen LogP contribution is -1.99. The molecular formula is C12H21ClO2. The average Bonchev–Trinajstić information content (AvgIpc) is 2.20. The molecule has 0 unspecified atom stereocenters. The molecule has 0 heterocycles. The Morgan fingerprint density at radius 1 is 1.13 bits per heavy atom. The lowest BCUT2D eigenvalue weighted by molar-refractivity contribution is -0.141. The van der Waals surface area contributed by atoms with Gasteiger partial charge in [0.25, 0.3) is 0 Å². The molecule has 0 saturated heterocycles. The maximum atomic E-state index is 10.4. The molecule has 0 aromatic rings. The van der Waals surface area contributed by atoms with Crippen LogP contribution >= 0.6 is 11.6 Å². The number of ether oxygens (including phenoxy) is 1. The lowest BCUT2D eigenvalue weighted by Gasteiger charge is -2.00. The largest absolute Gasteiger partial charge is 0.466 e. The van der Waals surface area contributed by atoms with Crippen molar-refractivity contribution in [2.24, 2.45) is 0 Å². The molecule has 15 heavy (non-hydrogen) atoms. The highest BCUT2D eigenvalue weighted by atomic mass is 35.5. The Balaban J connectivity index is 3.01. The minimum atomic E-state index is -0.181. The fourth-order valence-electron chi connectivity index (χ4n) is 1.23. The average molecular weight is 233 g/mol. The van der Waals surface area contributed by atoms with Crippen LogP contribution in [0.15, 0.2) is 12.2 Å². The van der Waals surface area contributed by atoms with Gasteiger partial charge in [-0.25, -0.2) is 0 Å². The molecule has 0 saturated carbocycles. The van der Waals surface area contributed by atoms with Gasteiger partial charge in [0.05, 0.1) is 6.61 Å². The first-order chi connectivity index (χ1) is 7.27. The maximum absolute atomic E-state index is 10.4. The molecule has 0 N–H and O–H groups in total. The minimum Gasteiger partial charge on any atom is -0.466 e. The van der Waals surface area contributed by atoms with E-state index in [1.807, 2.05) is 0 Å². The molecule has 0 bridgehead atoms. The second-order valence-corrected chi connectivity index (χ2v) is 3.87. The third-order valence-corrected chi connectivity index (χ3v) is 2.23. The van der Waals surface area contributed by atoms with Crippen LogP contribution in [0.3, 0.4) is 0 Å². The van der Waals surface area contributed by atoms with Gasteiger partial charge >= 0.3 is 5.97 Å². The number of hydrogen-bond acceptors (Lipinski definition) is 2. The predicted molar refractivity (Wildman–Crippen MR) is 64.2 cm³/mol. The van der Waals surface area contributed by atoms with Gasteiger partial charge in [0.1, 0.15) is 0 Å². The van der Waals surface area contributed by atoms with E-state index in [9.17, 15) is 4.79 Å². The Labute approximate surface area is 97.6 Å². The Hall–Kier alpha value is -0.500. The standard InChI is InChI=1S/C12H21ClO2/c1-12(14)15-11-9-7-5-3-2-4-6-8-10-13/h4,6H,2-3,5,7-11H2,1H3/b6-4-. The highest BCUT2D eigenvalue weighted by Gasteiger charge is 1.92. The number of carbonyl (C=O) groups excluding carboxylic acids is 1. The van der Waals surface area contributed by atoms with Crippen LogP contribution in [0.1, 0.15) is 45.4 Å². The molecule has 0 rings (SSSR count). The third-order valence-electron chi connectivity index (χ3n) is 2.01. The number of allylic oxidation sites excluding steroid dienone is 2. The van der Waals surface area contributed by atoms with Crippen molar-refractivity contribution in [3.05, 3.63) is 12.2 Å². The van der Waals surface area contributed by atoms with Gasteiger partial charge in [-0.3, -0.25) is 4.79 Å². The molecule has 88 valence electrons. The van der Waals surface area contributed by atoms with Gasteiger partial charge in [0, 0.05) is 12.8 Å². The monoisotopic (exact) mass is 232 g/mol. The minimum absolute atomic E-state index is 0.181. The summed E-state index contributed by atoms with van der Waals surface area (Å²) < 4.78 is 4.83. The van der Waals surface area contributed by atoms with Crippen LogP contribution in [0.4, 0.5) is 0 Å². The van der Waals surface area contributed by atoms with Crippen molar-refractivity contribution >= 4 is 17.6 Å². The van der Waals surface area contributed by atoms with Crippen LogP contribution in [-0.2, 0) is 9.53 Å². The molecule has 0 radical (unpaired) electrons. The fourth-order valence-corrected chi connectivity index (χ4v) is 1.36. The molecule has 0 fully saturated rings. The zero-order valence-corrected chi connectivity index (χ0v) is 10.3. The SMILES string of the molecule is CC(=O)OCCCCCC/C=C\CCCl. The van der Waals surface area contributed by atoms with Gasteiger partial charge in [0.2, 0.25) is 0 Å². The molecule has 2 nitrogen and oxygen atoms in total. The molecular weight excluding hydrogens is 212 g/mol. The van der Waals surface area contributed by atoms with E-state index in [2.05, 4.69) is 12.2 Å². The molecule has 0 spiro atoms. The van der Waals surface area contributed by atoms with E-state index in [4.69, 9.17) is 16.3 Å². The summed E-state index contributed by atoms with van der Waals surface area (Å²) in [4.78, 5) is 10.4. The van der Waals surface area contributed by atoms with Gasteiger partial charge in [0.15, 0.2) is 0 Å². The summed E-state index contributed by atoms with van der Waals surface area (Å²) in [6, 6.07) is 0. The normalized spacial score (nSPS) is 10.8. The molecule has 0 aromatic carbocycles. The van der Waals surface area contributed by atoms with E-state index in [-0.39, 0.29) is 5.97 Å². The summed E-state index contributed by atoms with van der Waals surface area (Å²) in [5.41, 5.74) is 0. The first-order valence-corrected chi connectivity index (χ1v) is 6.15. The zero-order valence-electron chi connectivity index (χ0n) is 9.51. The second-order valence-electron chi connectivity index (χ2n) is 3.49. The van der Waals surface area contributed by atoms with Crippen molar-refractivity contribution in [2.45, 2.75) is 45.4 Å². The van der Waals surface area contributed by atoms with Crippen LogP contribution in [0.2, 0.25) is 0 Å². The number of halogens is 1. The summed E-state index contributed by atoms with van der Waals surface area (Å²) in [5.74, 6) is 0.526. The molecule has 3 heteroatoms. The first kappa shape index (κ1) is 14.5. The highest BCUT2D eigenvalue weighted by molar-refractivity contribution is 6.17. The van der Waals surface area contributed by atoms with Gasteiger partial charge < -0.3 is 4.74 Å². The molecule has 0 atom stereocenters. The van der Waals surface area contributed by atoms with Crippen LogP contribution in [-0.4, -0.2) is 18.5 Å². The van der Waals surface area contributed by atoms with Gasteiger partial charge in [-0.1, -0.05) is 25.0 Å². The number of rotatable bonds is 9. The number of esters is 1. The predicted octanol–water partition coefficient (Wildman–Crippen LogP) is 3.69. The molecule has 0 aliphatic carbocycles. The second kappa shape index (κ2) is 11.6. The highest BCUT2D eigenvalue weighted by Crippen LogP contribution is 2.04. The van der Waals surface area contributed by atoms with Gasteiger partial charge in [-0.2, -0.15) is 0 Å². The Morgan fingerprint density at radius 3 is 2.47 bits per heavy atom. The van der Waals surface area contributed by atoms with E-state index >= 15 is 0 Å². The summed E-state index contributed by atoms with van der Waals surface area (Å²) in [7, 11) is 0. The van der Waals surface area contributed by atoms with Gasteiger partial charge in [-0.15, -0.1) is 11.6 Å². The number of unbranched alkanes of at least 4 members (excludes halogenated alkanes) is 4. The Bertz CT molecular complexity index is 178. The molecule has 0 amide bonds. The lowest BCUT2D eigenvalue weighted by atomic mass is 10.1. The quantitative estimate of drug-likeness (QED) is 0.262. The third kappa shape index (κ3) is 13.5. The Kier molecular flexibility index (Phi) is 11.2. The summed E-state index contributed by atoms with van der Waals surface area (Å²) in [6.07, 6.45) is 10.9. The van der Waals surface area contributed by atoms with Crippen molar-refractivity contribution < 1.29 is 9.53 Å². The molecule has 0 aliphatic rings. The molecule has 0 aliphatic heterocycles. The fraction of sp³-hybridized carbons (Fsp3) is 0.750. The van der Waals surface area contributed by atoms with Crippen molar-refractivity contribution in [1.82, 2.24) is 0 Å². The smallest absolute Gasteiger partial charge is 0.302 e. The molecule has 0 aromatic heterocycles. The number of carbonyl (C=O) groups is 1. The van der Waals surface area contributed by atoms with Crippen LogP contribution < -0.4 is 0 Å². The van der Waals surface area contributed by atoms with E-state index < -0.39 is 0 Å². The summed E-state index contributed by atoms with van der Waals surface area (Å²) in [6.45, 7) is 2.01. The summed E-state index contributed by atoms with van der Waals surface area (Å²) >= 11 is 5.53. The van der Waals surface area contributed by atoms with Gasteiger partial charge in [-0.05, 0) is 25.7 Å². The van der Waals surface area contributed by atoms with E-state index in [0.717, 1.165) is 25.7 Å². The van der Waals surface area contributed by atoms with E-state index in [1.165, 1.54) is 19.8 Å². The van der Waals surface area contributed by atoms with Crippen LogP contribution in [0.25, 0.3) is 0 Å². The Morgan fingerprint density at radius 2 is 1.80 bits per heavy atom. The first-order valence-electron chi connectivity index (χ1n) is 5.61. The zero-order chi connectivity index (χ0) is 11.4. The number of alkyl halides is 1. The van der Waals surface area contributed by atoms with Crippen molar-refractivity contribution in [3.8, 4) is 0 Å². The van der Waals surface area contributed by atoms with Crippen molar-refractivity contribution in [3.63, 3.8) is 0 Å². The van der Waals surface area contributed by atoms with Crippen molar-refractivity contribution in [1.29, 1.82) is 0 Å². The van der Waals surface area contributed by atoms with Crippen LogP contribution in [0.5, 0.6) is 0 Å². The van der Waals surface area contributed by atoms with Crippen LogP contribution in [0, 0.1) is 0 Å². The maximum Gasteiger partial charge on any atom is 0.302 e. The summed E-state index contributed by atoms with van der Waals surface area (Å²) in [5, 5.41) is 0. The topological polar surface area (TPSA) is 26.3 Å². The van der Waals surface area contributed by atoms with Crippen molar-refractivity contribution in [2.75, 3.05) is 12.5 Å².